The average molecular weight is 234 g/mol. The van der Waals surface area contributed by atoms with E-state index in [1.165, 1.54) is 12.0 Å². The predicted octanol–water partition coefficient (Wildman–Crippen LogP) is 2.12. The van der Waals surface area contributed by atoms with Gasteiger partial charge in [-0.2, -0.15) is 0 Å². The third-order valence-electron chi connectivity index (χ3n) is 3.92. The highest BCUT2D eigenvalue weighted by molar-refractivity contribution is 5.28. The molecule has 1 aromatic rings. The monoisotopic (exact) mass is 234 g/mol. The molecule has 1 aliphatic heterocycles. The zero-order valence-electron chi connectivity index (χ0n) is 10.6. The molecule has 1 aliphatic rings. The van der Waals surface area contributed by atoms with E-state index in [1.807, 2.05) is 12.1 Å². The molecular formula is C14H22N2O. The van der Waals surface area contributed by atoms with Crippen molar-refractivity contribution in [1.29, 1.82) is 0 Å². The van der Waals surface area contributed by atoms with Crippen molar-refractivity contribution in [2.24, 2.45) is 11.7 Å². The Morgan fingerprint density at radius 1 is 1.41 bits per heavy atom. The molecule has 0 amide bonds. The molecule has 0 aromatic heterocycles. The van der Waals surface area contributed by atoms with Gasteiger partial charge in [0.15, 0.2) is 0 Å². The van der Waals surface area contributed by atoms with Gasteiger partial charge in [0, 0.05) is 18.6 Å². The van der Waals surface area contributed by atoms with Crippen LogP contribution in [0.2, 0.25) is 0 Å². The van der Waals surface area contributed by atoms with Crippen molar-refractivity contribution in [3.8, 4) is 5.75 Å². The summed E-state index contributed by atoms with van der Waals surface area (Å²) in [6.07, 6.45) is 1.19. The van der Waals surface area contributed by atoms with Gasteiger partial charge in [-0.1, -0.05) is 12.1 Å². The molecule has 0 aliphatic carbocycles. The van der Waals surface area contributed by atoms with Crippen molar-refractivity contribution in [1.82, 2.24) is 4.90 Å². The highest BCUT2D eigenvalue weighted by Crippen LogP contribution is 2.31. The summed E-state index contributed by atoms with van der Waals surface area (Å²) in [4.78, 5) is 2.50. The van der Waals surface area contributed by atoms with Crippen molar-refractivity contribution in [2.75, 3.05) is 13.1 Å². The maximum atomic E-state index is 9.31. The van der Waals surface area contributed by atoms with Gasteiger partial charge in [0.1, 0.15) is 5.75 Å². The molecule has 3 atom stereocenters. The molecule has 3 unspecified atom stereocenters. The van der Waals surface area contributed by atoms with Crippen LogP contribution in [0.4, 0.5) is 0 Å². The molecule has 0 radical (unpaired) electrons. The molecule has 1 aromatic carbocycles. The van der Waals surface area contributed by atoms with Gasteiger partial charge >= 0.3 is 0 Å². The van der Waals surface area contributed by atoms with Crippen molar-refractivity contribution in [2.45, 2.75) is 32.4 Å². The van der Waals surface area contributed by atoms with Crippen molar-refractivity contribution in [3.05, 3.63) is 29.8 Å². The SMILES string of the molecule is CC1CC(CN)CN1C(C)c1ccc(O)cc1. The lowest BCUT2D eigenvalue weighted by molar-refractivity contribution is 0.200. The Bertz CT molecular complexity index is 363. The minimum atomic E-state index is 0.329. The molecule has 2 rings (SSSR count). The molecule has 3 heteroatoms. The van der Waals surface area contributed by atoms with E-state index < -0.39 is 0 Å². The predicted molar refractivity (Wildman–Crippen MR) is 69.9 cm³/mol. The maximum absolute atomic E-state index is 9.31. The number of hydrogen-bond donors (Lipinski definition) is 2. The molecule has 0 saturated carbocycles. The fourth-order valence-corrected chi connectivity index (χ4v) is 2.83. The standard InChI is InChI=1S/C14H22N2O/c1-10-7-12(8-15)9-16(10)11(2)13-3-5-14(17)6-4-13/h3-6,10-12,17H,7-9,15H2,1-2H3. The summed E-state index contributed by atoms with van der Waals surface area (Å²) in [5, 5.41) is 9.31. The summed E-state index contributed by atoms with van der Waals surface area (Å²) in [6, 6.07) is 8.50. The maximum Gasteiger partial charge on any atom is 0.115 e. The minimum absolute atomic E-state index is 0.329. The van der Waals surface area contributed by atoms with Crippen molar-refractivity contribution < 1.29 is 5.11 Å². The Morgan fingerprint density at radius 3 is 2.59 bits per heavy atom. The number of hydrogen-bond acceptors (Lipinski definition) is 3. The van der Waals surface area contributed by atoms with Crippen LogP contribution in [0.15, 0.2) is 24.3 Å². The first-order chi connectivity index (χ1) is 8.11. The normalized spacial score (nSPS) is 27.2. The van der Waals surface area contributed by atoms with E-state index in [2.05, 4.69) is 18.7 Å². The molecule has 0 bridgehead atoms. The number of nitrogens with zero attached hydrogens (tertiary/aromatic N) is 1. The summed E-state index contributed by atoms with van der Waals surface area (Å²) in [5.41, 5.74) is 7.01. The number of nitrogens with two attached hydrogens (primary N) is 1. The Morgan fingerprint density at radius 2 is 2.06 bits per heavy atom. The number of benzene rings is 1. The molecule has 1 fully saturated rings. The largest absolute Gasteiger partial charge is 0.508 e. The summed E-state index contributed by atoms with van der Waals surface area (Å²) >= 11 is 0. The lowest BCUT2D eigenvalue weighted by Crippen LogP contribution is -2.30. The summed E-state index contributed by atoms with van der Waals surface area (Å²) in [7, 11) is 0. The fraction of sp³-hybridized carbons (Fsp3) is 0.571. The van der Waals surface area contributed by atoms with Gasteiger partial charge in [-0.3, -0.25) is 4.90 Å². The molecule has 3 nitrogen and oxygen atoms in total. The van der Waals surface area contributed by atoms with Crippen LogP contribution < -0.4 is 5.73 Å². The van der Waals surface area contributed by atoms with E-state index in [9.17, 15) is 5.11 Å². The van der Waals surface area contributed by atoms with Gasteiger partial charge < -0.3 is 10.8 Å². The molecular weight excluding hydrogens is 212 g/mol. The number of likely N-dealkylation sites (tertiary alicyclic amines) is 1. The van der Waals surface area contributed by atoms with Crippen LogP contribution in [0.3, 0.4) is 0 Å². The van der Waals surface area contributed by atoms with E-state index in [0.717, 1.165) is 13.1 Å². The smallest absolute Gasteiger partial charge is 0.115 e. The summed E-state index contributed by atoms with van der Waals surface area (Å²) in [6.45, 7) is 6.36. The number of aromatic hydroxyl groups is 1. The van der Waals surface area contributed by atoms with Crippen LogP contribution in [0.1, 0.15) is 31.9 Å². The Kier molecular flexibility index (Phi) is 3.69. The van der Waals surface area contributed by atoms with Gasteiger partial charge in [-0.15, -0.1) is 0 Å². The fourth-order valence-electron chi connectivity index (χ4n) is 2.83. The molecule has 0 spiro atoms. The van der Waals surface area contributed by atoms with E-state index >= 15 is 0 Å². The first-order valence-corrected chi connectivity index (χ1v) is 6.36. The second-order valence-corrected chi connectivity index (χ2v) is 5.15. The molecule has 3 N–H and O–H groups in total. The zero-order valence-corrected chi connectivity index (χ0v) is 10.6. The van der Waals surface area contributed by atoms with Gasteiger partial charge in [0.25, 0.3) is 0 Å². The van der Waals surface area contributed by atoms with E-state index in [1.54, 1.807) is 12.1 Å². The van der Waals surface area contributed by atoms with E-state index in [-0.39, 0.29) is 0 Å². The second-order valence-electron chi connectivity index (χ2n) is 5.15. The quantitative estimate of drug-likeness (QED) is 0.842. The first kappa shape index (κ1) is 12.4. The molecule has 17 heavy (non-hydrogen) atoms. The van der Waals surface area contributed by atoms with Gasteiger partial charge in [0.05, 0.1) is 0 Å². The molecule has 1 saturated heterocycles. The minimum Gasteiger partial charge on any atom is -0.508 e. The van der Waals surface area contributed by atoms with Crippen LogP contribution in [0, 0.1) is 5.92 Å². The summed E-state index contributed by atoms with van der Waals surface area (Å²) < 4.78 is 0. The van der Waals surface area contributed by atoms with Gasteiger partial charge in [-0.05, 0) is 50.4 Å². The lowest BCUT2D eigenvalue weighted by atomic mass is 10.1. The van der Waals surface area contributed by atoms with E-state index in [0.29, 0.717) is 23.8 Å². The van der Waals surface area contributed by atoms with Crippen molar-refractivity contribution in [3.63, 3.8) is 0 Å². The van der Waals surface area contributed by atoms with Gasteiger partial charge in [0.2, 0.25) is 0 Å². The number of phenolic OH excluding ortho intramolecular Hbond substituents is 1. The first-order valence-electron chi connectivity index (χ1n) is 6.36. The second kappa shape index (κ2) is 5.07. The highest BCUT2D eigenvalue weighted by atomic mass is 16.3. The van der Waals surface area contributed by atoms with Gasteiger partial charge in [-0.25, -0.2) is 0 Å². The average Bonchev–Trinajstić information content (AvgIpc) is 2.71. The number of rotatable bonds is 3. The van der Waals surface area contributed by atoms with Crippen LogP contribution >= 0.6 is 0 Å². The third-order valence-corrected chi connectivity index (χ3v) is 3.92. The summed E-state index contributed by atoms with van der Waals surface area (Å²) in [5.74, 6) is 0.958. The Balaban J connectivity index is 2.09. The molecule has 94 valence electrons. The highest BCUT2D eigenvalue weighted by Gasteiger charge is 2.31. The van der Waals surface area contributed by atoms with Crippen LogP contribution in [-0.4, -0.2) is 29.1 Å². The molecule has 1 heterocycles. The Hall–Kier alpha value is -1.06. The number of phenols is 1. The van der Waals surface area contributed by atoms with Crippen LogP contribution in [0.25, 0.3) is 0 Å². The third kappa shape index (κ3) is 2.61. The topological polar surface area (TPSA) is 49.5 Å². The Labute approximate surface area is 103 Å². The van der Waals surface area contributed by atoms with Crippen LogP contribution in [-0.2, 0) is 0 Å². The van der Waals surface area contributed by atoms with Crippen molar-refractivity contribution >= 4 is 0 Å². The lowest BCUT2D eigenvalue weighted by Gasteiger charge is -2.29. The van der Waals surface area contributed by atoms with Crippen LogP contribution in [0.5, 0.6) is 5.75 Å². The van der Waals surface area contributed by atoms with E-state index in [4.69, 9.17) is 5.73 Å². The zero-order chi connectivity index (χ0) is 12.4.